The van der Waals surface area contributed by atoms with Crippen LogP contribution in [0.1, 0.15) is 50.6 Å². The Hall–Kier alpha value is -1.22. The Morgan fingerprint density at radius 2 is 1.95 bits per heavy atom. The fraction of sp³-hybridized carbons (Fsp3) is 0.647. The lowest BCUT2D eigenvalue weighted by molar-refractivity contribution is 0.384. The standard InChI is InChI=1S/C17H27NO2/c1-13(18-11-10-14-6-4-5-7-14)16-9-8-15(19-2)12-17(16)20-3/h8-9,12-14,18H,4-7,10-11H2,1-3H3. The zero-order valence-electron chi connectivity index (χ0n) is 12.9. The van der Waals surface area contributed by atoms with Gasteiger partial charge in [0, 0.05) is 17.7 Å². The Morgan fingerprint density at radius 1 is 1.20 bits per heavy atom. The van der Waals surface area contributed by atoms with E-state index in [0.29, 0.717) is 6.04 Å². The molecule has 3 nitrogen and oxygen atoms in total. The fourth-order valence-electron chi connectivity index (χ4n) is 3.09. The van der Waals surface area contributed by atoms with E-state index in [9.17, 15) is 0 Å². The lowest BCUT2D eigenvalue weighted by Gasteiger charge is -2.19. The van der Waals surface area contributed by atoms with E-state index in [0.717, 1.165) is 24.0 Å². The molecule has 1 aromatic carbocycles. The quantitative estimate of drug-likeness (QED) is 0.819. The van der Waals surface area contributed by atoms with Crippen LogP contribution in [0.15, 0.2) is 18.2 Å². The van der Waals surface area contributed by atoms with Gasteiger partial charge in [-0.25, -0.2) is 0 Å². The van der Waals surface area contributed by atoms with E-state index in [1.54, 1.807) is 14.2 Å². The minimum absolute atomic E-state index is 0.303. The molecule has 112 valence electrons. The number of hydrogen-bond donors (Lipinski definition) is 1. The van der Waals surface area contributed by atoms with Crippen LogP contribution in [0.5, 0.6) is 11.5 Å². The van der Waals surface area contributed by atoms with Gasteiger partial charge in [0.25, 0.3) is 0 Å². The van der Waals surface area contributed by atoms with Gasteiger partial charge in [0.05, 0.1) is 14.2 Å². The second-order valence-electron chi connectivity index (χ2n) is 5.72. The highest BCUT2D eigenvalue weighted by molar-refractivity contribution is 5.42. The van der Waals surface area contributed by atoms with E-state index < -0.39 is 0 Å². The fourth-order valence-corrected chi connectivity index (χ4v) is 3.09. The summed E-state index contributed by atoms with van der Waals surface area (Å²) in [5.41, 5.74) is 1.19. The van der Waals surface area contributed by atoms with Gasteiger partial charge in [0.1, 0.15) is 11.5 Å². The smallest absolute Gasteiger partial charge is 0.127 e. The lowest BCUT2D eigenvalue weighted by Crippen LogP contribution is -2.22. The maximum absolute atomic E-state index is 5.47. The van der Waals surface area contributed by atoms with Crippen LogP contribution in [0.4, 0.5) is 0 Å². The first-order valence-electron chi connectivity index (χ1n) is 7.70. The van der Waals surface area contributed by atoms with Crippen LogP contribution in [0, 0.1) is 5.92 Å². The molecule has 1 N–H and O–H groups in total. The van der Waals surface area contributed by atoms with Crippen molar-refractivity contribution in [3.63, 3.8) is 0 Å². The Kier molecular flexibility index (Phi) is 5.72. The van der Waals surface area contributed by atoms with Crippen molar-refractivity contribution in [2.24, 2.45) is 5.92 Å². The third-order valence-electron chi connectivity index (χ3n) is 4.39. The van der Waals surface area contributed by atoms with Gasteiger partial charge in [0.2, 0.25) is 0 Å². The molecule has 1 atom stereocenters. The maximum Gasteiger partial charge on any atom is 0.127 e. The molecule has 0 aliphatic heterocycles. The monoisotopic (exact) mass is 277 g/mol. The molecule has 2 rings (SSSR count). The minimum atomic E-state index is 0.303. The first-order chi connectivity index (χ1) is 9.74. The van der Waals surface area contributed by atoms with Crippen molar-refractivity contribution in [1.82, 2.24) is 5.32 Å². The summed E-state index contributed by atoms with van der Waals surface area (Å²) in [5, 5.41) is 3.62. The molecule has 0 amide bonds. The molecule has 1 aromatic rings. The molecule has 3 heteroatoms. The number of methoxy groups -OCH3 is 2. The first kappa shape index (κ1) is 15.2. The Morgan fingerprint density at radius 3 is 2.60 bits per heavy atom. The third kappa shape index (κ3) is 3.89. The van der Waals surface area contributed by atoms with Crippen LogP contribution in [0.3, 0.4) is 0 Å². The SMILES string of the molecule is COc1ccc(C(C)NCCC2CCCC2)c(OC)c1. The lowest BCUT2D eigenvalue weighted by atomic mass is 10.0. The summed E-state index contributed by atoms with van der Waals surface area (Å²) in [7, 11) is 3.39. The number of benzene rings is 1. The topological polar surface area (TPSA) is 30.5 Å². The van der Waals surface area contributed by atoms with Crippen molar-refractivity contribution in [3.8, 4) is 11.5 Å². The molecule has 0 aromatic heterocycles. The second-order valence-corrected chi connectivity index (χ2v) is 5.72. The molecule has 1 aliphatic carbocycles. The van der Waals surface area contributed by atoms with E-state index >= 15 is 0 Å². The third-order valence-corrected chi connectivity index (χ3v) is 4.39. The van der Waals surface area contributed by atoms with Crippen molar-refractivity contribution in [3.05, 3.63) is 23.8 Å². The molecule has 0 saturated heterocycles. The molecule has 0 heterocycles. The highest BCUT2D eigenvalue weighted by atomic mass is 16.5. The van der Waals surface area contributed by atoms with Gasteiger partial charge in [-0.15, -0.1) is 0 Å². The number of ether oxygens (including phenoxy) is 2. The second kappa shape index (κ2) is 7.53. The Bertz CT molecular complexity index is 413. The molecule has 1 fully saturated rings. The molecular weight excluding hydrogens is 250 g/mol. The molecule has 0 bridgehead atoms. The number of nitrogens with one attached hydrogen (secondary N) is 1. The number of rotatable bonds is 7. The van der Waals surface area contributed by atoms with Gasteiger partial charge in [-0.2, -0.15) is 0 Å². The van der Waals surface area contributed by atoms with Crippen molar-refractivity contribution in [1.29, 1.82) is 0 Å². The summed E-state index contributed by atoms with van der Waals surface area (Å²) in [6, 6.07) is 6.33. The highest BCUT2D eigenvalue weighted by Gasteiger charge is 2.16. The molecule has 20 heavy (non-hydrogen) atoms. The van der Waals surface area contributed by atoms with Crippen LogP contribution in [0.2, 0.25) is 0 Å². The van der Waals surface area contributed by atoms with Gasteiger partial charge in [0.15, 0.2) is 0 Å². The van der Waals surface area contributed by atoms with E-state index in [2.05, 4.69) is 18.3 Å². The van der Waals surface area contributed by atoms with Crippen molar-refractivity contribution in [2.45, 2.75) is 45.1 Å². The average molecular weight is 277 g/mol. The van der Waals surface area contributed by atoms with Crippen LogP contribution < -0.4 is 14.8 Å². The average Bonchev–Trinajstić information content (AvgIpc) is 2.99. The number of hydrogen-bond acceptors (Lipinski definition) is 3. The van der Waals surface area contributed by atoms with E-state index in [1.165, 1.54) is 37.7 Å². The predicted molar refractivity (Wildman–Crippen MR) is 82.5 cm³/mol. The van der Waals surface area contributed by atoms with Crippen molar-refractivity contribution in [2.75, 3.05) is 20.8 Å². The summed E-state index contributed by atoms with van der Waals surface area (Å²) in [6.45, 7) is 3.28. The summed E-state index contributed by atoms with van der Waals surface area (Å²) in [6.07, 6.45) is 6.98. The summed E-state index contributed by atoms with van der Waals surface area (Å²) < 4.78 is 10.7. The van der Waals surface area contributed by atoms with Gasteiger partial charge >= 0.3 is 0 Å². The molecule has 0 radical (unpaired) electrons. The maximum atomic E-state index is 5.47. The predicted octanol–water partition coefficient (Wildman–Crippen LogP) is 3.93. The zero-order valence-corrected chi connectivity index (χ0v) is 12.9. The summed E-state index contributed by atoms with van der Waals surface area (Å²) in [5.74, 6) is 2.67. The molecule has 1 saturated carbocycles. The molecular formula is C17H27NO2. The largest absolute Gasteiger partial charge is 0.497 e. The first-order valence-corrected chi connectivity index (χ1v) is 7.70. The normalized spacial score (nSPS) is 17.1. The zero-order chi connectivity index (χ0) is 14.4. The Balaban J connectivity index is 1.88. The van der Waals surface area contributed by atoms with Gasteiger partial charge in [-0.3, -0.25) is 0 Å². The molecule has 0 spiro atoms. The van der Waals surface area contributed by atoms with E-state index in [-0.39, 0.29) is 0 Å². The summed E-state index contributed by atoms with van der Waals surface area (Å²) in [4.78, 5) is 0. The van der Waals surface area contributed by atoms with Crippen LogP contribution in [-0.2, 0) is 0 Å². The Labute approximate surface area is 122 Å². The van der Waals surface area contributed by atoms with E-state index in [4.69, 9.17) is 9.47 Å². The summed E-state index contributed by atoms with van der Waals surface area (Å²) >= 11 is 0. The molecule has 1 unspecified atom stereocenters. The van der Waals surface area contributed by atoms with Crippen molar-refractivity contribution >= 4 is 0 Å². The van der Waals surface area contributed by atoms with Gasteiger partial charge in [-0.1, -0.05) is 31.7 Å². The minimum Gasteiger partial charge on any atom is -0.497 e. The molecule has 1 aliphatic rings. The van der Waals surface area contributed by atoms with Gasteiger partial charge in [-0.05, 0) is 31.9 Å². The van der Waals surface area contributed by atoms with Gasteiger partial charge < -0.3 is 14.8 Å². The van der Waals surface area contributed by atoms with Crippen LogP contribution in [0.25, 0.3) is 0 Å². The highest BCUT2D eigenvalue weighted by Crippen LogP contribution is 2.30. The van der Waals surface area contributed by atoms with E-state index in [1.807, 2.05) is 12.1 Å². The van der Waals surface area contributed by atoms with Crippen molar-refractivity contribution < 1.29 is 9.47 Å². The van der Waals surface area contributed by atoms with Crippen LogP contribution >= 0.6 is 0 Å². The van der Waals surface area contributed by atoms with Crippen LogP contribution in [-0.4, -0.2) is 20.8 Å².